The number of urea groups is 1. The Kier molecular flexibility index (Phi) is 9.15. The fourth-order valence-corrected chi connectivity index (χ4v) is 1.72. The predicted octanol–water partition coefficient (Wildman–Crippen LogP) is 0.797. The lowest BCUT2D eigenvalue weighted by Gasteiger charge is -2.19. The summed E-state index contributed by atoms with van der Waals surface area (Å²) >= 11 is 0. The van der Waals surface area contributed by atoms with Crippen LogP contribution in [-0.4, -0.2) is 53.6 Å². The summed E-state index contributed by atoms with van der Waals surface area (Å²) in [4.78, 5) is 35.8. The van der Waals surface area contributed by atoms with E-state index in [4.69, 9.17) is 5.11 Å². The monoisotopic (exact) mass is 287 g/mol. The Morgan fingerprint density at radius 3 is 2.20 bits per heavy atom. The number of nitrogens with one attached hydrogen (secondary N) is 2. The molecule has 0 fully saturated rings. The first kappa shape index (κ1) is 18.2. The second kappa shape index (κ2) is 10.1. The summed E-state index contributed by atoms with van der Waals surface area (Å²) in [5.41, 5.74) is 0. The van der Waals surface area contributed by atoms with Gasteiger partial charge in [0.2, 0.25) is 5.91 Å². The van der Waals surface area contributed by atoms with Crippen molar-refractivity contribution < 1.29 is 19.5 Å². The summed E-state index contributed by atoms with van der Waals surface area (Å²) in [6.45, 7) is 6.68. The average molecular weight is 287 g/mol. The molecule has 0 bridgehead atoms. The van der Waals surface area contributed by atoms with E-state index in [9.17, 15) is 14.4 Å². The van der Waals surface area contributed by atoms with Crippen molar-refractivity contribution >= 4 is 17.9 Å². The zero-order valence-electron chi connectivity index (χ0n) is 12.4. The van der Waals surface area contributed by atoms with Gasteiger partial charge in [0.15, 0.2) is 0 Å². The van der Waals surface area contributed by atoms with Crippen molar-refractivity contribution in [2.75, 3.05) is 19.6 Å². The first-order valence-electron chi connectivity index (χ1n) is 7.01. The van der Waals surface area contributed by atoms with Gasteiger partial charge in [-0.05, 0) is 20.3 Å². The molecular weight excluding hydrogens is 262 g/mol. The molecule has 1 atom stereocenters. The maximum atomic E-state index is 11.7. The molecule has 0 aromatic carbocycles. The van der Waals surface area contributed by atoms with Gasteiger partial charge in [0, 0.05) is 13.1 Å². The third-order valence-corrected chi connectivity index (χ3v) is 2.97. The lowest BCUT2D eigenvalue weighted by atomic mass is 10.1. The highest BCUT2D eigenvalue weighted by Gasteiger charge is 2.19. The first-order chi connectivity index (χ1) is 9.46. The van der Waals surface area contributed by atoms with Gasteiger partial charge in [0.05, 0.1) is 6.54 Å². The van der Waals surface area contributed by atoms with E-state index in [1.807, 2.05) is 20.8 Å². The van der Waals surface area contributed by atoms with Crippen LogP contribution in [0.2, 0.25) is 0 Å². The van der Waals surface area contributed by atoms with Crippen LogP contribution < -0.4 is 10.6 Å². The summed E-state index contributed by atoms with van der Waals surface area (Å²) in [6.07, 6.45) is 1.95. The van der Waals surface area contributed by atoms with Gasteiger partial charge in [-0.25, -0.2) is 9.59 Å². The molecule has 0 rings (SSSR count). The molecule has 0 saturated heterocycles. The number of hydrogen-bond acceptors (Lipinski definition) is 3. The highest BCUT2D eigenvalue weighted by molar-refractivity contribution is 5.86. The molecule has 0 spiro atoms. The van der Waals surface area contributed by atoms with Crippen molar-refractivity contribution in [3.8, 4) is 0 Å². The molecule has 0 aromatic rings. The molecule has 0 saturated carbocycles. The number of carboxylic acid groups (broad SMARTS) is 1. The minimum atomic E-state index is -1.07. The molecule has 3 amide bonds. The molecule has 1 unspecified atom stereocenters. The number of hydrogen-bond donors (Lipinski definition) is 3. The quantitative estimate of drug-likeness (QED) is 0.584. The average Bonchev–Trinajstić information content (AvgIpc) is 2.42. The Hall–Kier alpha value is -1.79. The maximum Gasteiger partial charge on any atom is 0.326 e. The lowest BCUT2D eigenvalue weighted by Crippen LogP contribution is -2.48. The highest BCUT2D eigenvalue weighted by atomic mass is 16.4. The van der Waals surface area contributed by atoms with E-state index in [1.165, 1.54) is 0 Å². The van der Waals surface area contributed by atoms with Crippen LogP contribution in [0.1, 0.15) is 40.0 Å². The normalized spacial score (nSPS) is 11.6. The Morgan fingerprint density at radius 1 is 1.15 bits per heavy atom. The van der Waals surface area contributed by atoms with Crippen LogP contribution in [0.15, 0.2) is 0 Å². The number of carbonyl (C=O) groups is 3. The largest absolute Gasteiger partial charge is 0.480 e. The zero-order chi connectivity index (χ0) is 15.5. The summed E-state index contributed by atoms with van der Waals surface area (Å²) < 4.78 is 0. The van der Waals surface area contributed by atoms with E-state index in [1.54, 1.807) is 4.90 Å². The van der Waals surface area contributed by atoms with Crippen LogP contribution in [0, 0.1) is 0 Å². The molecule has 0 radical (unpaired) electrons. The van der Waals surface area contributed by atoms with Gasteiger partial charge in [0.1, 0.15) is 6.04 Å². The standard InChI is InChI=1S/C13H25N3O4/c1-4-7-8-10(12(18)19)15-13(20)14-9-11(17)16(5-2)6-3/h10H,4-9H2,1-3H3,(H,18,19)(H2,14,15,20). The van der Waals surface area contributed by atoms with Gasteiger partial charge in [-0.1, -0.05) is 19.8 Å². The molecule has 7 nitrogen and oxygen atoms in total. The summed E-state index contributed by atoms with van der Waals surface area (Å²) in [7, 11) is 0. The molecule has 0 heterocycles. The molecule has 7 heteroatoms. The Balaban J connectivity index is 4.19. The van der Waals surface area contributed by atoms with Crippen LogP contribution in [0.4, 0.5) is 4.79 Å². The lowest BCUT2D eigenvalue weighted by molar-refractivity contribution is -0.139. The first-order valence-corrected chi connectivity index (χ1v) is 7.01. The van der Waals surface area contributed by atoms with Crippen molar-refractivity contribution in [2.45, 2.75) is 46.1 Å². The van der Waals surface area contributed by atoms with Gasteiger partial charge in [-0.15, -0.1) is 0 Å². The molecule has 0 aromatic heterocycles. The number of likely N-dealkylation sites (N-methyl/N-ethyl adjacent to an activating group) is 1. The van der Waals surface area contributed by atoms with Crippen molar-refractivity contribution in [2.24, 2.45) is 0 Å². The number of unbranched alkanes of at least 4 members (excludes halogenated alkanes) is 1. The minimum Gasteiger partial charge on any atom is -0.480 e. The molecule has 0 aliphatic rings. The van der Waals surface area contributed by atoms with E-state index in [-0.39, 0.29) is 12.5 Å². The summed E-state index contributed by atoms with van der Waals surface area (Å²) in [6, 6.07) is -1.55. The van der Waals surface area contributed by atoms with E-state index < -0.39 is 18.0 Å². The number of nitrogens with zero attached hydrogens (tertiary/aromatic N) is 1. The molecular formula is C13H25N3O4. The van der Waals surface area contributed by atoms with Crippen LogP contribution in [0.5, 0.6) is 0 Å². The van der Waals surface area contributed by atoms with Crippen LogP contribution in [0.3, 0.4) is 0 Å². The van der Waals surface area contributed by atoms with Crippen LogP contribution in [0.25, 0.3) is 0 Å². The zero-order valence-corrected chi connectivity index (χ0v) is 12.4. The number of amides is 3. The third kappa shape index (κ3) is 6.96. The van der Waals surface area contributed by atoms with Crippen molar-refractivity contribution in [1.29, 1.82) is 0 Å². The van der Waals surface area contributed by atoms with E-state index in [0.717, 1.165) is 12.8 Å². The summed E-state index contributed by atoms with van der Waals surface area (Å²) in [5.74, 6) is -1.26. The van der Waals surface area contributed by atoms with Crippen molar-refractivity contribution in [1.82, 2.24) is 15.5 Å². The Labute approximate surface area is 119 Å². The Bertz CT molecular complexity index is 330. The molecule has 0 aliphatic heterocycles. The fourth-order valence-electron chi connectivity index (χ4n) is 1.72. The molecule has 0 aliphatic carbocycles. The highest BCUT2D eigenvalue weighted by Crippen LogP contribution is 2.00. The van der Waals surface area contributed by atoms with Crippen molar-refractivity contribution in [3.05, 3.63) is 0 Å². The van der Waals surface area contributed by atoms with Gasteiger partial charge in [-0.2, -0.15) is 0 Å². The Morgan fingerprint density at radius 2 is 1.75 bits per heavy atom. The number of carbonyl (C=O) groups excluding carboxylic acids is 2. The van der Waals surface area contributed by atoms with Crippen molar-refractivity contribution in [3.63, 3.8) is 0 Å². The SMILES string of the molecule is CCCCC(NC(=O)NCC(=O)N(CC)CC)C(=O)O. The van der Waals surface area contributed by atoms with Gasteiger partial charge in [-0.3, -0.25) is 4.79 Å². The van der Waals surface area contributed by atoms with Gasteiger partial charge < -0.3 is 20.6 Å². The topological polar surface area (TPSA) is 98.7 Å². The van der Waals surface area contributed by atoms with E-state index >= 15 is 0 Å². The maximum absolute atomic E-state index is 11.7. The van der Waals surface area contributed by atoms with Crippen LogP contribution in [-0.2, 0) is 9.59 Å². The molecule has 116 valence electrons. The molecule has 3 N–H and O–H groups in total. The smallest absolute Gasteiger partial charge is 0.326 e. The summed E-state index contributed by atoms with van der Waals surface area (Å²) in [5, 5.41) is 13.7. The fraction of sp³-hybridized carbons (Fsp3) is 0.769. The van der Waals surface area contributed by atoms with Gasteiger partial charge >= 0.3 is 12.0 Å². The number of aliphatic carboxylic acids is 1. The number of rotatable bonds is 9. The second-order valence-electron chi connectivity index (χ2n) is 4.43. The van der Waals surface area contributed by atoms with E-state index in [2.05, 4.69) is 10.6 Å². The molecule has 20 heavy (non-hydrogen) atoms. The third-order valence-electron chi connectivity index (χ3n) is 2.97. The van der Waals surface area contributed by atoms with Crippen LogP contribution >= 0.6 is 0 Å². The minimum absolute atomic E-state index is 0.131. The number of carboxylic acids is 1. The predicted molar refractivity (Wildman–Crippen MR) is 75.4 cm³/mol. The van der Waals surface area contributed by atoms with E-state index in [0.29, 0.717) is 19.5 Å². The van der Waals surface area contributed by atoms with Gasteiger partial charge in [0.25, 0.3) is 0 Å². The second-order valence-corrected chi connectivity index (χ2v) is 4.43.